The number of halogens is 3. The van der Waals surface area contributed by atoms with Gasteiger partial charge in [-0.25, -0.2) is 8.78 Å². The maximum Gasteiger partial charge on any atom is 0.167 e. The fourth-order valence-electron chi connectivity index (χ4n) is 1.61. The van der Waals surface area contributed by atoms with E-state index in [0.717, 1.165) is 6.07 Å². The van der Waals surface area contributed by atoms with Crippen LogP contribution in [-0.4, -0.2) is 16.9 Å². The van der Waals surface area contributed by atoms with Crippen LogP contribution >= 0.6 is 11.6 Å². The first-order valence-electron chi connectivity index (χ1n) is 4.97. The van der Waals surface area contributed by atoms with E-state index in [2.05, 4.69) is 5.10 Å². The van der Waals surface area contributed by atoms with E-state index in [9.17, 15) is 8.78 Å². The van der Waals surface area contributed by atoms with Gasteiger partial charge in [-0.15, -0.1) is 0 Å². The van der Waals surface area contributed by atoms with Gasteiger partial charge in [-0.05, 0) is 6.07 Å². The number of benzene rings is 1. The first-order chi connectivity index (χ1) is 8.45. The number of hydrogen-bond donors (Lipinski definition) is 1. The molecule has 1 heterocycles. The molecule has 0 saturated carbocycles. The summed E-state index contributed by atoms with van der Waals surface area (Å²) in [5, 5.41) is 3.64. The van der Waals surface area contributed by atoms with E-state index >= 15 is 0 Å². The van der Waals surface area contributed by atoms with E-state index in [4.69, 9.17) is 22.1 Å². The second-order valence-corrected chi connectivity index (χ2v) is 4.05. The number of nitrogens with two attached hydrogens (primary N) is 1. The standard InChI is InChI=1S/C11H10ClF2N3O/c1-17-8(15)4-7(16-17)9-10(14)5(12)3-6(13)11(9)18-2/h3-4H,15H2,1-2H3. The third-order valence-electron chi connectivity index (χ3n) is 2.50. The molecule has 0 saturated heterocycles. The predicted octanol–water partition coefficient (Wildman–Crippen LogP) is 2.61. The zero-order chi connectivity index (χ0) is 13.4. The second kappa shape index (κ2) is 4.45. The maximum atomic E-state index is 14.0. The fourth-order valence-corrected chi connectivity index (χ4v) is 1.80. The maximum absolute atomic E-state index is 14.0. The molecule has 4 nitrogen and oxygen atoms in total. The van der Waals surface area contributed by atoms with Crippen molar-refractivity contribution in [1.82, 2.24) is 9.78 Å². The molecule has 0 spiro atoms. The molecule has 0 fully saturated rings. The number of methoxy groups -OCH3 is 1. The minimum Gasteiger partial charge on any atom is -0.493 e. The Hall–Kier alpha value is -1.82. The number of rotatable bonds is 2. The van der Waals surface area contributed by atoms with Crippen molar-refractivity contribution in [2.75, 3.05) is 12.8 Å². The lowest BCUT2D eigenvalue weighted by molar-refractivity contribution is 0.385. The van der Waals surface area contributed by atoms with Crippen molar-refractivity contribution >= 4 is 17.4 Å². The lowest BCUT2D eigenvalue weighted by Gasteiger charge is -2.09. The molecule has 0 radical (unpaired) electrons. The largest absolute Gasteiger partial charge is 0.493 e. The summed E-state index contributed by atoms with van der Waals surface area (Å²) in [7, 11) is 2.83. The molecule has 0 atom stereocenters. The number of ether oxygens (including phenoxy) is 1. The normalized spacial score (nSPS) is 10.7. The number of aryl methyl sites for hydroxylation is 1. The van der Waals surface area contributed by atoms with Crippen LogP contribution < -0.4 is 10.5 Å². The Morgan fingerprint density at radius 2 is 2.06 bits per heavy atom. The Morgan fingerprint density at radius 3 is 2.56 bits per heavy atom. The summed E-state index contributed by atoms with van der Waals surface area (Å²) in [6, 6.07) is 2.27. The number of aromatic nitrogens is 2. The molecule has 0 unspecified atom stereocenters. The van der Waals surface area contributed by atoms with Crippen LogP contribution in [0.1, 0.15) is 0 Å². The molecule has 0 bridgehead atoms. The van der Waals surface area contributed by atoms with E-state index in [0.29, 0.717) is 5.82 Å². The summed E-state index contributed by atoms with van der Waals surface area (Å²) in [5.41, 5.74) is 5.62. The van der Waals surface area contributed by atoms with Crippen LogP contribution in [0.25, 0.3) is 11.3 Å². The smallest absolute Gasteiger partial charge is 0.167 e. The van der Waals surface area contributed by atoms with Gasteiger partial charge >= 0.3 is 0 Å². The zero-order valence-corrected chi connectivity index (χ0v) is 10.4. The Labute approximate surface area is 107 Å². The van der Waals surface area contributed by atoms with Crippen molar-refractivity contribution in [1.29, 1.82) is 0 Å². The van der Waals surface area contributed by atoms with Crippen molar-refractivity contribution in [3.8, 4) is 17.0 Å². The summed E-state index contributed by atoms with van der Waals surface area (Å²) < 4.78 is 33.8. The van der Waals surface area contributed by atoms with Crippen LogP contribution in [0, 0.1) is 11.6 Å². The highest BCUT2D eigenvalue weighted by Gasteiger charge is 2.22. The Balaban J connectivity index is 2.76. The van der Waals surface area contributed by atoms with Gasteiger partial charge in [0.2, 0.25) is 0 Å². The Kier molecular flexibility index (Phi) is 3.13. The Morgan fingerprint density at radius 1 is 1.39 bits per heavy atom. The number of nitrogens with zero attached hydrogens (tertiary/aromatic N) is 2. The lowest BCUT2D eigenvalue weighted by atomic mass is 10.1. The lowest BCUT2D eigenvalue weighted by Crippen LogP contribution is -1.99. The van der Waals surface area contributed by atoms with Crippen LogP contribution in [0.15, 0.2) is 12.1 Å². The number of nitrogen functional groups attached to an aromatic ring is 1. The molecule has 0 amide bonds. The first-order valence-corrected chi connectivity index (χ1v) is 5.35. The van der Waals surface area contributed by atoms with Crippen molar-refractivity contribution in [2.45, 2.75) is 0 Å². The van der Waals surface area contributed by atoms with E-state index in [1.165, 1.54) is 17.9 Å². The average Bonchev–Trinajstić information content (AvgIpc) is 2.63. The topological polar surface area (TPSA) is 53.1 Å². The highest BCUT2D eigenvalue weighted by molar-refractivity contribution is 6.31. The third-order valence-corrected chi connectivity index (χ3v) is 2.78. The van der Waals surface area contributed by atoms with Gasteiger partial charge in [0.1, 0.15) is 11.5 Å². The molecule has 7 heteroatoms. The zero-order valence-electron chi connectivity index (χ0n) is 9.67. The van der Waals surface area contributed by atoms with Gasteiger partial charge in [-0.1, -0.05) is 11.6 Å². The van der Waals surface area contributed by atoms with Crippen molar-refractivity contribution in [3.63, 3.8) is 0 Å². The van der Waals surface area contributed by atoms with E-state index in [1.807, 2.05) is 0 Å². The highest BCUT2D eigenvalue weighted by atomic mass is 35.5. The molecule has 0 aliphatic heterocycles. The SMILES string of the molecule is COc1c(F)cc(Cl)c(F)c1-c1cc(N)n(C)n1. The molecule has 96 valence electrons. The summed E-state index contributed by atoms with van der Waals surface area (Å²) in [6.45, 7) is 0. The summed E-state index contributed by atoms with van der Waals surface area (Å²) in [6.07, 6.45) is 0. The molecule has 2 N–H and O–H groups in total. The average molecular weight is 274 g/mol. The minimum atomic E-state index is -0.798. The quantitative estimate of drug-likeness (QED) is 0.856. The van der Waals surface area contributed by atoms with Gasteiger partial charge in [0, 0.05) is 13.1 Å². The number of hydrogen-bond acceptors (Lipinski definition) is 3. The van der Waals surface area contributed by atoms with E-state index < -0.39 is 11.6 Å². The molecule has 1 aromatic carbocycles. The van der Waals surface area contributed by atoms with Gasteiger partial charge in [0.05, 0.1) is 17.7 Å². The molecule has 18 heavy (non-hydrogen) atoms. The molecule has 1 aromatic heterocycles. The summed E-state index contributed by atoms with van der Waals surface area (Å²) in [5.74, 6) is -1.50. The molecule has 0 aliphatic carbocycles. The van der Waals surface area contributed by atoms with E-state index in [1.54, 1.807) is 7.05 Å². The second-order valence-electron chi connectivity index (χ2n) is 3.64. The molecule has 2 rings (SSSR count). The van der Waals surface area contributed by atoms with Gasteiger partial charge in [0.15, 0.2) is 17.4 Å². The number of anilines is 1. The molecular weight excluding hydrogens is 264 g/mol. The minimum absolute atomic E-state index is 0.144. The first kappa shape index (κ1) is 12.6. The summed E-state index contributed by atoms with van der Waals surface area (Å²) >= 11 is 5.61. The van der Waals surface area contributed by atoms with Crippen molar-refractivity contribution in [2.24, 2.45) is 7.05 Å². The monoisotopic (exact) mass is 273 g/mol. The van der Waals surface area contributed by atoms with Crippen LogP contribution in [0.4, 0.5) is 14.6 Å². The van der Waals surface area contributed by atoms with Crippen LogP contribution in [0.2, 0.25) is 5.02 Å². The Bertz CT molecular complexity index is 593. The predicted molar refractivity (Wildman–Crippen MR) is 64.5 cm³/mol. The van der Waals surface area contributed by atoms with Gasteiger partial charge in [0.25, 0.3) is 0 Å². The fraction of sp³-hybridized carbons (Fsp3) is 0.182. The molecule has 0 aliphatic rings. The molecule has 2 aromatic rings. The van der Waals surface area contributed by atoms with E-state index in [-0.39, 0.29) is 22.0 Å². The van der Waals surface area contributed by atoms with Crippen molar-refractivity contribution < 1.29 is 13.5 Å². The highest BCUT2D eigenvalue weighted by Crippen LogP contribution is 2.38. The third kappa shape index (κ3) is 1.88. The van der Waals surface area contributed by atoms with Crippen LogP contribution in [-0.2, 0) is 7.05 Å². The summed E-state index contributed by atoms with van der Waals surface area (Å²) in [4.78, 5) is 0. The van der Waals surface area contributed by atoms with Crippen LogP contribution in [0.5, 0.6) is 5.75 Å². The van der Waals surface area contributed by atoms with Crippen LogP contribution in [0.3, 0.4) is 0 Å². The van der Waals surface area contributed by atoms with Gasteiger partial charge in [-0.2, -0.15) is 5.10 Å². The van der Waals surface area contributed by atoms with Gasteiger partial charge in [-0.3, -0.25) is 4.68 Å². The van der Waals surface area contributed by atoms with Crippen molar-refractivity contribution in [3.05, 3.63) is 28.8 Å². The van der Waals surface area contributed by atoms with Gasteiger partial charge < -0.3 is 10.5 Å². The molecular formula is C11H10ClF2N3O.